The highest BCUT2D eigenvalue weighted by Crippen LogP contribution is 2.22. The van der Waals surface area contributed by atoms with Gasteiger partial charge in [0.2, 0.25) is 5.91 Å². The third-order valence-electron chi connectivity index (χ3n) is 2.67. The Morgan fingerprint density at radius 2 is 2.41 bits per heavy atom. The highest BCUT2D eigenvalue weighted by Gasteiger charge is 2.08. The van der Waals surface area contributed by atoms with Gasteiger partial charge in [0, 0.05) is 37.7 Å². The molecule has 2 rings (SSSR count). The summed E-state index contributed by atoms with van der Waals surface area (Å²) < 4.78 is 0. The van der Waals surface area contributed by atoms with Gasteiger partial charge < -0.3 is 10.6 Å². The van der Waals surface area contributed by atoms with Gasteiger partial charge in [-0.3, -0.25) is 4.79 Å². The highest BCUT2D eigenvalue weighted by atomic mass is 16.1. The molecule has 1 aliphatic heterocycles. The minimum Gasteiger partial charge on any atom is -0.384 e. The van der Waals surface area contributed by atoms with E-state index in [1.54, 1.807) is 0 Å². The fourth-order valence-electron chi connectivity index (χ4n) is 1.85. The van der Waals surface area contributed by atoms with Crippen LogP contribution in [0.2, 0.25) is 0 Å². The number of nitrogens with one attached hydrogen (secondary N) is 2. The van der Waals surface area contributed by atoms with E-state index in [2.05, 4.69) is 34.6 Å². The van der Waals surface area contributed by atoms with Crippen LogP contribution in [-0.2, 0) is 11.2 Å². The average molecular weight is 228 g/mol. The van der Waals surface area contributed by atoms with E-state index in [9.17, 15) is 4.79 Å². The zero-order valence-electron chi connectivity index (χ0n) is 9.97. The van der Waals surface area contributed by atoms with E-state index >= 15 is 0 Å². The predicted molar refractivity (Wildman–Crippen MR) is 68.8 cm³/mol. The lowest BCUT2D eigenvalue weighted by molar-refractivity contribution is -0.118. The van der Waals surface area contributed by atoms with Gasteiger partial charge in [0.05, 0.1) is 0 Å². The van der Waals surface area contributed by atoms with Crippen molar-refractivity contribution in [1.82, 2.24) is 5.32 Å². The van der Waals surface area contributed by atoms with Crippen molar-refractivity contribution in [2.75, 3.05) is 18.4 Å². The first-order valence-corrected chi connectivity index (χ1v) is 5.86. The third-order valence-corrected chi connectivity index (χ3v) is 2.67. The van der Waals surface area contributed by atoms with Crippen molar-refractivity contribution in [1.29, 1.82) is 0 Å². The average Bonchev–Trinajstić information content (AvgIpc) is 2.75. The molecule has 1 amide bonds. The Morgan fingerprint density at radius 3 is 3.24 bits per heavy atom. The summed E-state index contributed by atoms with van der Waals surface area (Å²) in [5.74, 6) is 6.18. The van der Waals surface area contributed by atoms with Crippen molar-refractivity contribution in [3.63, 3.8) is 0 Å². The molecule has 1 aromatic rings. The molecular formula is C14H16N2O. The quantitative estimate of drug-likeness (QED) is 0.595. The Morgan fingerprint density at radius 1 is 1.53 bits per heavy atom. The summed E-state index contributed by atoms with van der Waals surface area (Å²) in [6.45, 7) is 3.16. The van der Waals surface area contributed by atoms with Crippen LogP contribution in [0.4, 0.5) is 5.69 Å². The monoisotopic (exact) mass is 228 g/mol. The molecule has 17 heavy (non-hydrogen) atoms. The van der Waals surface area contributed by atoms with Crippen LogP contribution in [0, 0.1) is 11.8 Å². The van der Waals surface area contributed by atoms with E-state index in [4.69, 9.17) is 0 Å². The van der Waals surface area contributed by atoms with Crippen LogP contribution in [-0.4, -0.2) is 19.0 Å². The van der Waals surface area contributed by atoms with E-state index in [1.165, 1.54) is 18.2 Å². The van der Waals surface area contributed by atoms with Crippen molar-refractivity contribution in [2.24, 2.45) is 0 Å². The summed E-state index contributed by atoms with van der Waals surface area (Å²) in [5, 5.41) is 6.04. The number of rotatable bonds is 2. The normalized spacial score (nSPS) is 12.1. The summed E-state index contributed by atoms with van der Waals surface area (Å²) >= 11 is 0. The molecule has 1 aliphatic rings. The molecule has 1 aromatic carbocycles. The van der Waals surface area contributed by atoms with E-state index < -0.39 is 0 Å². The maximum absolute atomic E-state index is 10.6. The van der Waals surface area contributed by atoms with E-state index in [0.717, 1.165) is 18.5 Å². The fraction of sp³-hybridized carbons (Fsp3) is 0.357. The van der Waals surface area contributed by atoms with Crippen LogP contribution >= 0.6 is 0 Å². The molecule has 0 saturated carbocycles. The number of hydrogen-bond acceptors (Lipinski definition) is 2. The maximum Gasteiger partial charge on any atom is 0.216 e. The second-order valence-electron chi connectivity index (χ2n) is 4.08. The molecule has 2 N–H and O–H groups in total. The molecule has 0 aliphatic carbocycles. The van der Waals surface area contributed by atoms with Crippen LogP contribution in [0.3, 0.4) is 0 Å². The van der Waals surface area contributed by atoms with Crippen LogP contribution in [0.5, 0.6) is 0 Å². The molecular weight excluding hydrogens is 212 g/mol. The van der Waals surface area contributed by atoms with Gasteiger partial charge in [-0.2, -0.15) is 0 Å². The second-order valence-corrected chi connectivity index (χ2v) is 4.08. The van der Waals surface area contributed by atoms with Crippen molar-refractivity contribution < 1.29 is 4.79 Å². The van der Waals surface area contributed by atoms with Crippen molar-refractivity contribution in [3.8, 4) is 11.8 Å². The SMILES string of the molecule is CC(=O)NCCC#Cc1ccc2c(c1)CCN2. The summed E-state index contributed by atoms with van der Waals surface area (Å²) in [4.78, 5) is 10.6. The first-order chi connectivity index (χ1) is 8.25. The summed E-state index contributed by atoms with van der Waals surface area (Å²) in [7, 11) is 0. The smallest absolute Gasteiger partial charge is 0.216 e. The lowest BCUT2D eigenvalue weighted by Gasteiger charge is -1.99. The largest absolute Gasteiger partial charge is 0.384 e. The summed E-state index contributed by atoms with van der Waals surface area (Å²) in [5.41, 5.74) is 3.63. The third kappa shape index (κ3) is 3.25. The number of carbonyl (C=O) groups is 1. The van der Waals surface area contributed by atoms with Gasteiger partial charge in [-0.05, 0) is 30.2 Å². The summed E-state index contributed by atoms with van der Waals surface area (Å²) in [6.07, 6.45) is 1.77. The van der Waals surface area contributed by atoms with Crippen LogP contribution in [0.25, 0.3) is 0 Å². The second kappa shape index (κ2) is 5.40. The van der Waals surface area contributed by atoms with Gasteiger partial charge >= 0.3 is 0 Å². The first kappa shape index (κ1) is 11.5. The highest BCUT2D eigenvalue weighted by molar-refractivity contribution is 5.72. The molecule has 0 unspecified atom stereocenters. The van der Waals surface area contributed by atoms with E-state index in [0.29, 0.717) is 13.0 Å². The van der Waals surface area contributed by atoms with Gasteiger partial charge in [0.1, 0.15) is 0 Å². The molecule has 0 radical (unpaired) electrons. The van der Waals surface area contributed by atoms with E-state index in [-0.39, 0.29) is 5.91 Å². The number of amides is 1. The number of benzene rings is 1. The molecule has 0 spiro atoms. The topological polar surface area (TPSA) is 41.1 Å². The molecule has 88 valence electrons. The Hall–Kier alpha value is -1.95. The standard InChI is InChI=1S/C14H16N2O/c1-11(17)15-8-3-2-4-12-5-6-14-13(10-12)7-9-16-14/h5-6,10,16H,3,7-9H2,1H3,(H,15,17). The number of hydrogen-bond donors (Lipinski definition) is 2. The molecule has 1 heterocycles. The zero-order valence-corrected chi connectivity index (χ0v) is 9.97. The lowest BCUT2D eigenvalue weighted by Crippen LogP contribution is -2.20. The minimum atomic E-state index is -0.00425. The Bertz CT molecular complexity index is 483. The fourth-order valence-corrected chi connectivity index (χ4v) is 1.85. The van der Waals surface area contributed by atoms with Crippen molar-refractivity contribution in [3.05, 3.63) is 29.3 Å². The van der Waals surface area contributed by atoms with E-state index in [1.807, 2.05) is 6.07 Å². The molecule has 0 saturated heterocycles. The molecule has 0 aromatic heterocycles. The molecule has 3 heteroatoms. The van der Waals surface area contributed by atoms with Crippen LogP contribution in [0.1, 0.15) is 24.5 Å². The van der Waals surface area contributed by atoms with Gasteiger partial charge in [-0.1, -0.05) is 11.8 Å². The van der Waals surface area contributed by atoms with Gasteiger partial charge in [0.25, 0.3) is 0 Å². The first-order valence-electron chi connectivity index (χ1n) is 5.86. The van der Waals surface area contributed by atoms with Crippen LogP contribution in [0.15, 0.2) is 18.2 Å². The number of anilines is 1. The predicted octanol–water partition coefficient (Wildman–Crippen LogP) is 1.53. The summed E-state index contributed by atoms with van der Waals surface area (Å²) in [6, 6.07) is 6.25. The molecule has 0 fully saturated rings. The minimum absolute atomic E-state index is 0.00425. The number of carbonyl (C=O) groups excluding carboxylic acids is 1. The van der Waals surface area contributed by atoms with Gasteiger partial charge in [-0.15, -0.1) is 0 Å². The van der Waals surface area contributed by atoms with Gasteiger partial charge in [0.15, 0.2) is 0 Å². The number of fused-ring (bicyclic) bond motifs is 1. The van der Waals surface area contributed by atoms with Crippen molar-refractivity contribution >= 4 is 11.6 Å². The molecule has 0 bridgehead atoms. The Kier molecular flexibility index (Phi) is 3.66. The van der Waals surface area contributed by atoms with Gasteiger partial charge in [-0.25, -0.2) is 0 Å². The van der Waals surface area contributed by atoms with Crippen LogP contribution < -0.4 is 10.6 Å². The maximum atomic E-state index is 10.6. The molecule has 3 nitrogen and oxygen atoms in total. The van der Waals surface area contributed by atoms with Crippen molar-refractivity contribution in [2.45, 2.75) is 19.8 Å². The molecule has 0 atom stereocenters. The Labute approximate surface area is 102 Å². The Balaban J connectivity index is 1.91. The lowest BCUT2D eigenvalue weighted by atomic mass is 10.1. The zero-order chi connectivity index (χ0) is 12.1.